The number of aryl methyl sites for hydroxylation is 2. The van der Waals surface area contributed by atoms with Crippen LogP contribution in [0.15, 0.2) is 36.7 Å². The number of pyridine rings is 2. The van der Waals surface area contributed by atoms with Crippen LogP contribution in [0.5, 0.6) is 0 Å². The summed E-state index contributed by atoms with van der Waals surface area (Å²) < 4.78 is 35.6. The first-order chi connectivity index (χ1) is 24.5. The van der Waals surface area contributed by atoms with Gasteiger partial charge in [-0.05, 0) is 115 Å². The number of hydrogen-bond acceptors (Lipinski definition) is 8. The molecule has 2 aromatic rings. The average Bonchev–Trinajstić information content (AvgIpc) is 3.11. The molecule has 0 saturated heterocycles. The van der Waals surface area contributed by atoms with E-state index < -0.39 is 21.7 Å². The molecule has 2 heterocycles. The van der Waals surface area contributed by atoms with E-state index in [1.54, 1.807) is 0 Å². The van der Waals surface area contributed by atoms with Crippen LogP contribution in [0.1, 0.15) is 143 Å². The summed E-state index contributed by atoms with van der Waals surface area (Å²) in [6, 6.07) is 8.79. The van der Waals surface area contributed by atoms with Crippen LogP contribution in [0, 0.1) is 0 Å². The van der Waals surface area contributed by atoms with E-state index in [1.807, 2.05) is 53.9 Å². The van der Waals surface area contributed by atoms with Crippen molar-refractivity contribution in [1.82, 2.24) is 9.97 Å². The summed E-state index contributed by atoms with van der Waals surface area (Å²) in [6.45, 7) is 15.8. The smallest absolute Gasteiger partial charge is 0.0888 e. The molecule has 0 aromatic carbocycles. The van der Waals surface area contributed by atoms with E-state index in [9.17, 15) is 0 Å². The maximum Gasteiger partial charge on any atom is 0.0888 e. The molecule has 0 fully saturated rings. The number of hydrogen-bond donors (Lipinski definition) is 0. The zero-order valence-corrected chi connectivity index (χ0v) is 34.2. The van der Waals surface area contributed by atoms with Crippen LogP contribution in [-0.4, -0.2) is 61.1 Å². The highest BCUT2D eigenvalue weighted by Crippen LogP contribution is 2.53. The Balaban J connectivity index is 1.63. The highest BCUT2D eigenvalue weighted by atomic mass is 32.3. The molecular weight excluding hydrogens is 669 g/mol. The van der Waals surface area contributed by atoms with Crippen LogP contribution >= 0.6 is 21.7 Å². The molecule has 0 aliphatic rings. The predicted molar refractivity (Wildman–Crippen MR) is 214 cm³/mol. The molecule has 0 saturated carbocycles. The molecule has 50 heavy (non-hydrogen) atoms. The molecule has 290 valence electrons. The Bertz CT molecular complexity index is 991. The summed E-state index contributed by atoms with van der Waals surface area (Å²) in [4.78, 5) is 9.34. The Morgan fingerprint density at radius 3 is 0.980 bits per heavy atom. The third kappa shape index (κ3) is 18.5. The first kappa shape index (κ1) is 44.9. The van der Waals surface area contributed by atoms with Gasteiger partial charge in [0.2, 0.25) is 0 Å². The number of aromatic nitrogens is 2. The summed E-state index contributed by atoms with van der Waals surface area (Å²) >= 11 is 0. The third-order valence-electron chi connectivity index (χ3n) is 8.42. The fraction of sp³-hybridized carbons (Fsp3) is 0.750. The molecule has 0 radical (unpaired) electrons. The molecule has 0 bridgehead atoms. The van der Waals surface area contributed by atoms with Gasteiger partial charge in [0.25, 0.3) is 0 Å². The van der Waals surface area contributed by atoms with Crippen molar-refractivity contribution in [3.8, 4) is 11.4 Å². The van der Waals surface area contributed by atoms with E-state index in [0.717, 1.165) is 48.6 Å². The first-order valence-electron chi connectivity index (χ1n) is 19.9. The van der Waals surface area contributed by atoms with Gasteiger partial charge in [-0.1, -0.05) is 64.2 Å². The zero-order valence-electron chi connectivity index (χ0n) is 32.6. The third-order valence-corrected chi connectivity index (χ3v) is 13.6. The standard InChI is InChI=1S/C40H72N2O6S2/c1-7-43-49(44-8-2,45-9-3)33-25-21-17-13-15-19-23-27-37-29-31-41-39(35-37)40-36-38(30-32-42-40)28-24-20-16-14-18-22-26-34-50(46-10-4,47-11-5)48-12-6/h29-32,35-36H,7-28,33-34H2,1-6H3. The number of unbranched alkanes of at least 4 members (excludes halogenated alkanes) is 12. The second-order valence-electron chi connectivity index (χ2n) is 12.5. The van der Waals surface area contributed by atoms with Gasteiger partial charge in [-0.3, -0.25) is 35.1 Å². The Morgan fingerprint density at radius 1 is 0.400 bits per heavy atom. The summed E-state index contributed by atoms with van der Waals surface area (Å²) in [5.41, 5.74) is 4.67. The second-order valence-corrected chi connectivity index (χ2v) is 17.0. The summed E-state index contributed by atoms with van der Waals surface area (Å²) in [5.74, 6) is 1.74. The molecular formula is C40H72N2O6S2. The Labute approximate surface area is 310 Å². The van der Waals surface area contributed by atoms with Gasteiger partial charge in [0.15, 0.2) is 0 Å². The molecule has 8 nitrogen and oxygen atoms in total. The molecule has 2 aromatic heterocycles. The van der Waals surface area contributed by atoms with Gasteiger partial charge >= 0.3 is 0 Å². The molecule has 0 spiro atoms. The number of nitrogens with zero attached hydrogens (tertiary/aromatic N) is 2. The fourth-order valence-corrected chi connectivity index (χ4v) is 10.5. The summed E-state index contributed by atoms with van der Waals surface area (Å²) in [5, 5.41) is 0. The lowest BCUT2D eigenvalue weighted by molar-refractivity contribution is 0.184. The van der Waals surface area contributed by atoms with Gasteiger partial charge in [-0.25, -0.2) is 0 Å². The molecule has 0 unspecified atom stereocenters. The van der Waals surface area contributed by atoms with Gasteiger partial charge in [0.05, 0.1) is 72.8 Å². The van der Waals surface area contributed by atoms with Crippen LogP contribution in [0.25, 0.3) is 11.4 Å². The minimum Gasteiger partial charge on any atom is -0.293 e. The van der Waals surface area contributed by atoms with E-state index in [2.05, 4.69) is 34.2 Å². The monoisotopic (exact) mass is 740 g/mol. The second kappa shape index (κ2) is 28.3. The van der Waals surface area contributed by atoms with E-state index in [0.29, 0.717) is 39.6 Å². The minimum atomic E-state index is -1.84. The summed E-state index contributed by atoms with van der Waals surface area (Å²) in [6.07, 6.45) is 23.2. The van der Waals surface area contributed by atoms with Crippen LogP contribution in [-0.2, 0) is 37.9 Å². The Kier molecular flexibility index (Phi) is 25.4. The van der Waals surface area contributed by atoms with Gasteiger partial charge in [0.1, 0.15) is 0 Å². The van der Waals surface area contributed by atoms with Gasteiger partial charge in [0, 0.05) is 23.9 Å². The molecule has 0 atom stereocenters. The quantitative estimate of drug-likeness (QED) is 0.0669. The molecule has 0 aliphatic carbocycles. The largest absolute Gasteiger partial charge is 0.293 e. The molecule has 0 amide bonds. The Hall–Kier alpha value is -1.24. The molecule has 10 heteroatoms. The van der Waals surface area contributed by atoms with Crippen molar-refractivity contribution in [1.29, 1.82) is 0 Å². The van der Waals surface area contributed by atoms with E-state index in [4.69, 9.17) is 25.1 Å². The van der Waals surface area contributed by atoms with Crippen molar-refractivity contribution in [2.75, 3.05) is 51.1 Å². The topological polar surface area (TPSA) is 81.2 Å². The van der Waals surface area contributed by atoms with Crippen LogP contribution in [0.3, 0.4) is 0 Å². The van der Waals surface area contributed by atoms with Crippen molar-refractivity contribution in [3.05, 3.63) is 47.8 Å². The summed E-state index contributed by atoms with van der Waals surface area (Å²) in [7, 11) is -3.68. The van der Waals surface area contributed by atoms with E-state index >= 15 is 0 Å². The van der Waals surface area contributed by atoms with Crippen LogP contribution < -0.4 is 0 Å². The molecule has 0 aliphatic heterocycles. The highest BCUT2D eigenvalue weighted by molar-refractivity contribution is 8.22. The van der Waals surface area contributed by atoms with Crippen molar-refractivity contribution < 1.29 is 25.1 Å². The predicted octanol–water partition coefficient (Wildman–Crippen LogP) is 12.0. The molecule has 0 N–H and O–H groups in total. The van der Waals surface area contributed by atoms with Crippen molar-refractivity contribution in [2.24, 2.45) is 0 Å². The zero-order chi connectivity index (χ0) is 36.2. The lowest BCUT2D eigenvalue weighted by Gasteiger charge is -2.36. The fourth-order valence-electron chi connectivity index (χ4n) is 6.16. The van der Waals surface area contributed by atoms with Crippen molar-refractivity contribution in [2.45, 2.75) is 144 Å². The van der Waals surface area contributed by atoms with Gasteiger partial charge < -0.3 is 0 Å². The van der Waals surface area contributed by atoms with Crippen LogP contribution in [0.4, 0.5) is 0 Å². The normalized spacial score (nSPS) is 12.8. The maximum atomic E-state index is 5.93. The van der Waals surface area contributed by atoms with Crippen molar-refractivity contribution >= 4 is 21.7 Å². The van der Waals surface area contributed by atoms with Crippen LogP contribution in [0.2, 0.25) is 0 Å². The lowest BCUT2D eigenvalue weighted by atomic mass is 10.0. The van der Waals surface area contributed by atoms with E-state index in [1.165, 1.54) is 88.2 Å². The van der Waals surface area contributed by atoms with Gasteiger partial charge in [-0.2, -0.15) is 0 Å². The lowest BCUT2D eigenvalue weighted by Crippen LogP contribution is -2.16. The number of rotatable bonds is 33. The minimum absolute atomic E-state index is 0.628. The van der Waals surface area contributed by atoms with Crippen molar-refractivity contribution in [3.63, 3.8) is 0 Å². The SMILES string of the molecule is CCOS(CCCCCCCCCc1ccnc(-c2cc(CCCCCCCCCS(OCC)(OCC)OCC)ccn2)c1)(OCC)OCC. The molecule has 2 rings (SSSR count). The average molecular weight is 741 g/mol. The maximum absolute atomic E-state index is 5.93. The van der Waals surface area contributed by atoms with Gasteiger partial charge in [-0.15, -0.1) is 0 Å². The first-order valence-corrected chi connectivity index (χ1v) is 23.0. The Morgan fingerprint density at radius 2 is 0.680 bits per heavy atom. The van der Waals surface area contributed by atoms with E-state index in [-0.39, 0.29) is 0 Å². The highest BCUT2D eigenvalue weighted by Gasteiger charge is 2.26.